The summed E-state index contributed by atoms with van der Waals surface area (Å²) in [6.45, 7) is 7.89. The van der Waals surface area contributed by atoms with Crippen molar-refractivity contribution in [3.8, 4) is 0 Å². The summed E-state index contributed by atoms with van der Waals surface area (Å²) < 4.78 is 1.76. The molecule has 1 atom stereocenters. The molecule has 2 aromatic rings. The second kappa shape index (κ2) is 9.50. The van der Waals surface area contributed by atoms with Crippen molar-refractivity contribution in [2.75, 3.05) is 25.0 Å². The SMILES string of the molecule is CCn1cc(C(=O)NCC2CCCN(Cc3ccc(NC(C)=O)cc3)C2)cn1. The first-order valence-corrected chi connectivity index (χ1v) is 9.93. The van der Waals surface area contributed by atoms with E-state index in [9.17, 15) is 9.59 Å². The second-order valence-electron chi connectivity index (χ2n) is 7.42. The molecular formula is C21H29N5O2. The van der Waals surface area contributed by atoms with Gasteiger partial charge in [-0.3, -0.25) is 19.2 Å². The molecule has 7 heteroatoms. The zero-order valence-corrected chi connectivity index (χ0v) is 16.6. The summed E-state index contributed by atoms with van der Waals surface area (Å²) in [4.78, 5) is 25.8. The molecular weight excluding hydrogens is 354 g/mol. The number of likely N-dealkylation sites (tertiary alicyclic amines) is 1. The molecule has 2 N–H and O–H groups in total. The number of rotatable bonds is 7. The highest BCUT2D eigenvalue weighted by Gasteiger charge is 2.21. The molecule has 1 aliphatic rings. The summed E-state index contributed by atoms with van der Waals surface area (Å²) in [6, 6.07) is 7.99. The largest absolute Gasteiger partial charge is 0.352 e. The Labute approximate surface area is 166 Å². The third kappa shape index (κ3) is 5.66. The van der Waals surface area contributed by atoms with Gasteiger partial charge < -0.3 is 10.6 Å². The van der Waals surface area contributed by atoms with E-state index >= 15 is 0 Å². The van der Waals surface area contributed by atoms with E-state index in [-0.39, 0.29) is 11.8 Å². The minimum atomic E-state index is -0.0595. The quantitative estimate of drug-likeness (QED) is 0.770. The summed E-state index contributed by atoms with van der Waals surface area (Å²) in [5.74, 6) is 0.346. The number of aryl methyl sites for hydroxylation is 1. The monoisotopic (exact) mass is 383 g/mol. The van der Waals surface area contributed by atoms with E-state index < -0.39 is 0 Å². The van der Waals surface area contributed by atoms with Crippen LogP contribution in [0.2, 0.25) is 0 Å². The molecule has 3 rings (SSSR count). The van der Waals surface area contributed by atoms with Crippen LogP contribution in [-0.2, 0) is 17.9 Å². The van der Waals surface area contributed by atoms with Gasteiger partial charge in [0.15, 0.2) is 0 Å². The third-order valence-electron chi connectivity index (χ3n) is 5.05. The van der Waals surface area contributed by atoms with Crippen molar-refractivity contribution >= 4 is 17.5 Å². The van der Waals surface area contributed by atoms with E-state index in [2.05, 4.69) is 32.8 Å². The Kier molecular flexibility index (Phi) is 6.81. The molecule has 1 aromatic heterocycles. The molecule has 1 fully saturated rings. The average Bonchev–Trinajstić information content (AvgIpc) is 3.17. The summed E-state index contributed by atoms with van der Waals surface area (Å²) >= 11 is 0. The molecule has 2 amide bonds. The predicted octanol–water partition coefficient (Wildman–Crippen LogP) is 2.50. The highest BCUT2D eigenvalue weighted by atomic mass is 16.2. The van der Waals surface area contributed by atoms with Crippen LogP contribution in [0.5, 0.6) is 0 Å². The van der Waals surface area contributed by atoms with Crippen LogP contribution in [0.1, 0.15) is 42.6 Å². The topological polar surface area (TPSA) is 79.3 Å². The standard InChI is InChI=1S/C21H29N5O2/c1-3-26-15-19(12-23-26)21(28)22-11-18-5-4-10-25(14-18)13-17-6-8-20(9-7-17)24-16(2)27/h6-9,12,15,18H,3-5,10-11,13-14H2,1-2H3,(H,22,28)(H,24,27). The molecule has 1 aromatic carbocycles. The molecule has 1 unspecified atom stereocenters. The van der Waals surface area contributed by atoms with Gasteiger partial charge >= 0.3 is 0 Å². The Hall–Kier alpha value is -2.67. The summed E-state index contributed by atoms with van der Waals surface area (Å²) in [6.07, 6.45) is 5.68. The molecule has 0 radical (unpaired) electrons. The first kappa shape index (κ1) is 20.1. The summed E-state index contributed by atoms with van der Waals surface area (Å²) in [5.41, 5.74) is 2.67. The maximum Gasteiger partial charge on any atom is 0.254 e. The number of hydrogen-bond acceptors (Lipinski definition) is 4. The zero-order valence-electron chi connectivity index (χ0n) is 16.6. The number of hydrogen-bond donors (Lipinski definition) is 2. The van der Waals surface area contributed by atoms with Crippen molar-refractivity contribution in [3.63, 3.8) is 0 Å². The van der Waals surface area contributed by atoms with Crippen LogP contribution in [-0.4, -0.2) is 46.1 Å². The fraction of sp³-hybridized carbons (Fsp3) is 0.476. The van der Waals surface area contributed by atoms with Gasteiger partial charge in [-0.2, -0.15) is 5.10 Å². The molecule has 1 saturated heterocycles. The lowest BCUT2D eigenvalue weighted by Crippen LogP contribution is -2.40. The van der Waals surface area contributed by atoms with Crippen LogP contribution in [0.3, 0.4) is 0 Å². The van der Waals surface area contributed by atoms with Gasteiger partial charge in [-0.1, -0.05) is 12.1 Å². The fourth-order valence-electron chi connectivity index (χ4n) is 3.61. The number of carbonyl (C=O) groups excluding carboxylic acids is 2. The van der Waals surface area contributed by atoms with Crippen molar-refractivity contribution in [2.45, 2.75) is 39.8 Å². The van der Waals surface area contributed by atoms with E-state index in [0.29, 0.717) is 18.0 Å². The maximum atomic E-state index is 12.3. The maximum absolute atomic E-state index is 12.3. The molecule has 0 bridgehead atoms. The highest BCUT2D eigenvalue weighted by Crippen LogP contribution is 2.19. The predicted molar refractivity (Wildman–Crippen MR) is 109 cm³/mol. The smallest absolute Gasteiger partial charge is 0.254 e. The number of piperidine rings is 1. The first-order valence-electron chi connectivity index (χ1n) is 9.93. The number of anilines is 1. The van der Waals surface area contributed by atoms with E-state index in [0.717, 1.165) is 44.7 Å². The number of nitrogens with one attached hydrogen (secondary N) is 2. The van der Waals surface area contributed by atoms with Crippen LogP contribution in [0, 0.1) is 5.92 Å². The van der Waals surface area contributed by atoms with Gasteiger partial charge in [-0.15, -0.1) is 0 Å². The van der Waals surface area contributed by atoms with Crippen molar-refractivity contribution in [1.29, 1.82) is 0 Å². The number of benzene rings is 1. The lowest BCUT2D eigenvalue weighted by Gasteiger charge is -2.32. The van der Waals surface area contributed by atoms with E-state index in [4.69, 9.17) is 0 Å². The zero-order chi connectivity index (χ0) is 19.9. The minimum Gasteiger partial charge on any atom is -0.352 e. The molecule has 0 spiro atoms. The number of carbonyl (C=O) groups is 2. The van der Waals surface area contributed by atoms with Gasteiger partial charge in [0.2, 0.25) is 5.91 Å². The van der Waals surface area contributed by atoms with Crippen molar-refractivity contribution in [2.24, 2.45) is 5.92 Å². The van der Waals surface area contributed by atoms with Gasteiger partial charge in [0.1, 0.15) is 0 Å². The molecule has 150 valence electrons. The molecule has 2 heterocycles. The van der Waals surface area contributed by atoms with Gasteiger partial charge in [0.25, 0.3) is 5.91 Å². The molecule has 0 saturated carbocycles. The van der Waals surface area contributed by atoms with E-state index in [1.165, 1.54) is 12.5 Å². The van der Waals surface area contributed by atoms with Crippen LogP contribution in [0.25, 0.3) is 0 Å². The fourth-order valence-corrected chi connectivity index (χ4v) is 3.61. The highest BCUT2D eigenvalue weighted by molar-refractivity contribution is 5.93. The van der Waals surface area contributed by atoms with Gasteiger partial charge in [0, 0.05) is 45.0 Å². The minimum absolute atomic E-state index is 0.0506. The van der Waals surface area contributed by atoms with Crippen LogP contribution in [0.15, 0.2) is 36.7 Å². The van der Waals surface area contributed by atoms with Crippen LogP contribution in [0.4, 0.5) is 5.69 Å². The number of nitrogens with zero attached hydrogens (tertiary/aromatic N) is 3. The Bertz CT molecular complexity index is 799. The summed E-state index contributed by atoms with van der Waals surface area (Å²) in [7, 11) is 0. The van der Waals surface area contributed by atoms with E-state index in [1.54, 1.807) is 17.1 Å². The van der Waals surface area contributed by atoms with Crippen molar-refractivity contribution in [1.82, 2.24) is 20.0 Å². The number of aromatic nitrogens is 2. The van der Waals surface area contributed by atoms with Crippen LogP contribution >= 0.6 is 0 Å². The lowest BCUT2D eigenvalue weighted by molar-refractivity contribution is -0.114. The average molecular weight is 383 g/mol. The molecule has 1 aliphatic heterocycles. The molecule has 7 nitrogen and oxygen atoms in total. The first-order chi connectivity index (χ1) is 13.5. The van der Waals surface area contributed by atoms with Gasteiger partial charge in [-0.25, -0.2) is 0 Å². The second-order valence-corrected chi connectivity index (χ2v) is 7.42. The summed E-state index contributed by atoms with van der Waals surface area (Å²) in [5, 5.41) is 10.0. The Morgan fingerprint density at radius 2 is 2.04 bits per heavy atom. The van der Waals surface area contributed by atoms with E-state index in [1.807, 2.05) is 19.1 Å². The third-order valence-corrected chi connectivity index (χ3v) is 5.05. The molecule has 0 aliphatic carbocycles. The van der Waals surface area contributed by atoms with Gasteiger partial charge in [0.05, 0.1) is 11.8 Å². The normalized spacial score (nSPS) is 17.3. The Balaban J connectivity index is 1.47. The number of amides is 2. The van der Waals surface area contributed by atoms with Crippen molar-refractivity contribution < 1.29 is 9.59 Å². The molecule has 28 heavy (non-hydrogen) atoms. The van der Waals surface area contributed by atoms with Crippen LogP contribution < -0.4 is 10.6 Å². The Morgan fingerprint density at radius 3 is 2.71 bits per heavy atom. The Morgan fingerprint density at radius 1 is 1.25 bits per heavy atom. The lowest BCUT2D eigenvalue weighted by atomic mass is 9.97. The van der Waals surface area contributed by atoms with Gasteiger partial charge in [-0.05, 0) is 49.9 Å². The van der Waals surface area contributed by atoms with Crippen molar-refractivity contribution in [3.05, 3.63) is 47.8 Å².